The predicted molar refractivity (Wildman–Crippen MR) is 181 cm³/mol. The Labute approximate surface area is 285 Å². The first-order valence-corrected chi connectivity index (χ1v) is 17.1. The molecule has 4 heterocycles. The first kappa shape index (κ1) is 30.8. The Morgan fingerprint density at radius 1 is 1.02 bits per heavy atom. The van der Waals surface area contributed by atoms with Gasteiger partial charge in [0.25, 0.3) is 0 Å². The average molecular weight is 685 g/mol. The topological polar surface area (TPSA) is 122 Å². The Bertz CT molecular complexity index is 2150. The number of amides is 4. The summed E-state index contributed by atoms with van der Waals surface area (Å²) in [7, 11) is 4.71. The number of rotatable bonds is 4. The second kappa shape index (κ2) is 10.5. The molecule has 2 saturated heterocycles. The Morgan fingerprint density at radius 3 is 2.52 bits per heavy atom. The van der Waals surface area contributed by atoms with E-state index in [0.29, 0.717) is 34.3 Å². The summed E-state index contributed by atoms with van der Waals surface area (Å²) in [5, 5.41) is 17.8. The number of carbonyl (C=O) groups is 4. The van der Waals surface area contributed by atoms with Gasteiger partial charge in [0, 0.05) is 47.4 Å². The molecule has 6 atom stereocenters. The second-order valence-corrected chi connectivity index (χ2v) is 15.0. The van der Waals surface area contributed by atoms with Crippen LogP contribution in [0.1, 0.15) is 36.8 Å². The molecule has 2 aliphatic heterocycles. The van der Waals surface area contributed by atoms with Crippen LogP contribution in [0.25, 0.3) is 20.7 Å². The molecular formula is C36H33ClN4O6S. The number of aryl methyl sites for hydroxylation is 2. The largest absolute Gasteiger partial charge is 0.508 e. The van der Waals surface area contributed by atoms with Crippen LogP contribution in [0.4, 0.5) is 5.82 Å². The summed E-state index contributed by atoms with van der Waals surface area (Å²) in [6, 6.07) is 12.4. The van der Waals surface area contributed by atoms with E-state index in [-0.39, 0.29) is 29.9 Å². The maximum absolute atomic E-state index is 14.9. The van der Waals surface area contributed by atoms with Gasteiger partial charge in [0.2, 0.25) is 23.6 Å². The van der Waals surface area contributed by atoms with E-state index in [4.69, 9.17) is 21.4 Å². The normalized spacial score (nSPS) is 28.2. The number of hydrogen-bond acceptors (Lipinski definition) is 8. The molecule has 2 aliphatic carbocycles. The molecule has 0 radical (unpaired) electrons. The van der Waals surface area contributed by atoms with Crippen molar-refractivity contribution in [3.05, 3.63) is 70.3 Å². The summed E-state index contributed by atoms with van der Waals surface area (Å²) >= 11 is 7.85. The number of allylic oxidation sites excluding steroid dienone is 2. The highest BCUT2D eigenvalue weighted by Gasteiger charge is 2.68. The molecule has 4 aliphatic rings. The summed E-state index contributed by atoms with van der Waals surface area (Å²) < 4.78 is 7.95. The fourth-order valence-electron chi connectivity index (χ4n) is 8.85. The Morgan fingerprint density at radius 2 is 1.79 bits per heavy atom. The lowest BCUT2D eigenvalue weighted by atomic mass is 9.51. The van der Waals surface area contributed by atoms with Gasteiger partial charge in [0.05, 0.1) is 35.2 Å². The summed E-state index contributed by atoms with van der Waals surface area (Å²) in [6.45, 7) is 3.79. The summed E-state index contributed by atoms with van der Waals surface area (Å²) in [5.41, 5.74) is 1.61. The summed E-state index contributed by atoms with van der Waals surface area (Å²) in [5.74, 6) is -3.75. The maximum atomic E-state index is 14.9. The van der Waals surface area contributed by atoms with E-state index in [1.165, 1.54) is 30.0 Å². The van der Waals surface area contributed by atoms with Crippen molar-refractivity contribution in [2.75, 3.05) is 19.1 Å². The zero-order valence-corrected chi connectivity index (χ0v) is 28.6. The van der Waals surface area contributed by atoms with Gasteiger partial charge in [-0.3, -0.25) is 28.8 Å². The van der Waals surface area contributed by atoms with Crippen molar-refractivity contribution in [1.82, 2.24) is 14.7 Å². The fourth-order valence-corrected chi connectivity index (χ4v) is 10.2. The molecule has 6 unspecified atom stereocenters. The van der Waals surface area contributed by atoms with Gasteiger partial charge in [-0.2, -0.15) is 5.10 Å². The Balaban J connectivity index is 1.26. The number of hydrogen-bond donors (Lipinski definition) is 1. The number of ether oxygens (including phenoxy) is 1. The number of halogens is 1. The SMILES string of the molecule is COc1ccc(C2C3=CCC4C(=O)N(C)C(=O)C4C3CC3C(=O)N(c4cc(-c5sc6ccc(Cl)cc6c5C)nn4C)C(=O)C32C)c(O)c1. The van der Waals surface area contributed by atoms with Gasteiger partial charge in [-0.05, 0) is 67.8 Å². The molecule has 2 aromatic carbocycles. The van der Waals surface area contributed by atoms with Crippen LogP contribution >= 0.6 is 22.9 Å². The van der Waals surface area contributed by atoms with Crippen LogP contribution < -0.4 is 9.64 Å². The smallest absolute Gasteiger partial charge is 0.242 e. The molecule has 0 bridgehead atoms. The molecule has 1 N–H and O–H groups in total. The number of nitrogens with zero attached hydrogens (tertiary/aromatic N) is 4. The zero-order chi connectivity index (χ0) is 34.0. The number of anilines is 1. The van der Waals surface area contributed by atoms with E-state index >= 15 is 0 Å². The van der Waals surface area contributed by atoms with Crippen molar-refractivity contribution in [1.29, 1.82) is 0 Å². The highest BCUT2D eigenvalue weighted by Crippen LogP contribution is 2.64. The van der Waals surface area contributed by atoms with E-state index in [1.807, 2.05) is 31.2 Å². The number of benzene rings is 2. The summed E-state index contributed by atoms with van der Waals surface area (Å²) in [4.78, 5) is 59.5. The number of aromatic hydroxyl groups is 1. The van der Waals surface area contributed by atoms with Crippen LogP contribution in [0.2, 0.25) is 5.02 Å². The highest BCUT2D eigenvalue weighted by molar-refractivity contribution is 7.22. The van der Waals surface area contributed by atoms with E-state index in [1.54, 1.807) is 48.2 Å². The number of likely N-dealkylation sites (tertiary alicyclic amines) is 1. The van der Waals surface area contributed by atoms with Gasteiger partial charge in [-0.25, -0.2) is 4.90 Å². The van der Waals surface area contributed by atoms with Crippen molar-refractivity contribution in [2.45, 2.75) is 32.6 Å². The van der Waals surface area contributed by atoms with Crippen LogP contribution in [0.5, 0.6) is 11.5 Å². The zero-order valence-electron chi connectivity index (χ0n) is 27.0. The van der Waals surface area contributed by atoms with Crippen LogP contribution in [0.3, 0.4) is 0 Å². The van der Waals surface area contributed by atoms with Crippen molar-refractivity contribution in [3.8, 4) is 22.1 Å². The minimum atomic E-state index is -1.30. The molecular weight excluding hydrogens is 652 g/mol. The van der Waals surface area contributed by atoms with Gasteiger partial charge in [0.1, 0.15) is 23.0 Å². The molecule has 0 spiro atoms. The molecule has 48 heavy (non-hydrogen) atoms. The number of thiophene rings is 1. The minimum Gasteiger partial charge on any atom is -0.508 e. The number of imide groups is 2. The van der Waals surface area contributed by atoms with Gasteiger partial charge >= 0.3 is 0 Å². The van der Waals surface area contributed by atoms with E-state index in [2.05, 4.69) is 0 Å². The number of fused-ring (bicyclic) bond motifs is 5. The van der Waals surface area contributed by atoms with Crippen molar-refractivity contribution >= 4 is 62.5 Å². The van der Waals surface area contributed by atoms with Crippen LogP contribution in [0.15, 0.2) is 54.1 Å². The lowest BCUT2D eigenvalue weighted by Gasteiger charge is -2.49. The molecule has 2 aromatic heterocycles. The van der Waals surface area contributed by atoms with Crippen LogP contribution in [-0.4, -0.2) is 57.6 Å². The molecule has 3 fully saturated rings. The standard InChI is InChI=1S/C36H33ClN4O6S/c1-16-22-12-17(37)6-11-27(22)48-31(16)25-15-28(40(4)38-25)41-33(44)24-14-23-19(9-10-21-29(23)34(45)39(3)32(21)43)30(36(24,2)35(41)46)20-8-7-18(47-5)13-26(20)42/h6-9,11-13,15,21,23-24,29-30,42H,10,14H2,1-5H3. The van der Waals surface area contributed by atoms with Gasteiger partial charge < -0.3 is 9.84 Å². The van der Waals surface area contributed by atoms with E-state index < -0.39 is 40.9 Å². The van der Waals surface area contributed by atoms with E-state index in [0.717, 1.165) is 26.1 Å². The number of aromatic nitrogens is 2. The van der Waals surface area contributed by atoms with Gasteiger partial charge in [-0.15, -0.1) is 11.3 Å². The van der Waals surface area contributed by atoms with Crippen molar-refractivity contribution in [3.63, 3.8) is 0 Å². The molecule has 10 nitrogen and oxygen atoms in total. The molecule has 4 aromatic rings. The Kier molecular flexibility index (Phi) is 6.75. The predicted octanol–water partition coefficient (Wildman–Crippen LogP) is 5.84. The minimum absolute atomic E-state index is 0.0733. The number of carbonyl (C=O) groups excluding carboxylic acids is 4. The number of phenols is 1. The second-order valence-electron chi connectivity index (χ2n) is 13.5. The quantitative estimate of drug-likeness (QED) is 0.212. The van der Waals surface area contributed by atoms with Gasteiger partial charge in [0.15, 0.2) is 0 Å². The van der Waals surface area contributed by atoms with Crippen molar-refractivity contribution < 1.29 is 29.0 Å². The lowest BCUT2D eigenvalue weighted by molar-refractivity contribution is -0.138. The lowest BCUT2D eigenvalue weighted by Crippen LogP contribution is -2.48. The molecule has 8 rings (SSSR count). The highest BCUT2D eigenvalue weighted by atomic mass is 35.5. The first-order valence-electron chi connectivity index (χ1n) is 15.9. The third kappa shape index (κ3) is 4.00. The number of phenolic OH excluding ortho intramolecular Hbond substituents is 1. The first-order chi connectivity index (χ1) is 22.9. The molecule has 1 saturated carbocycles. The van der Waals surface area contributed by atoms with Crippen LogP contribution in [-0.2, 0) is 26.2 Å². The molecule has 4 amide bonds. The number of methoxy groups -OCH3 is 1. The monoisotopic (exact) mass is 684 g/mol. The fraction of sp³-hybridized carbons (Fsp3) is 0.361. The van der Waals surface area contributed by atoms with Crippen molar-refractivity contribution in [2.24, 2.45) is 36.1 Å². The Hall–Kier alpha value is -4.48. The van der Waals surface area contributed by atoms with Gasteiger partial charge in [-0.1, -0.05) is 29.3 Å². The average Bonchev–Trinajstić information content (AvgIpc) is 3.72. The van der Waals surface area contributed by atoms with E-state index in [9.17, 15) is 24.3 Å². The molecule has 246 valence electrons. The maximum Gasteiger partial charge on any atom is 0.242 e. The summed E-state index contributed by atoms with van der Waals surface area (Å²) in [6.07, 6.45) is 2.53. The third-order valence-electron chi connectivity index (χ3n) is 11.3. The third-order valence-corrected chi connectivity index (χ3v) is 12.8. The molecule has 12 heteroatoms. The van der Waals surface area contributed by atoms with Crippen LogP contribution in [0, 0.1) is 36.0 Å².